The zero-order valence-electron chi connectivity index (χ0n) is 13.0. The van der Waals surface area contributed by atoms with Crippen molar-refractivity contribution in [3.63, 3.8) is 0 Å². The molecule has 0 bridgehead atoms. The Balaban J connectivity index is 1.72. The number of hydrogen-bond acceptors (Lipinski definition) is 3. The van der Waals surface area contributed by atoms with Crippen LogP contribution in [0.4, 0.5) is 0 Å². The number of amides is 1. The number of aromatic carboxylic acids is 1. The molecule has 0 saturated heterocycles. The van der Waals surface area contributed by atoms with Crippen LogP contribution in [0.15, 0.2) is 40.8 Å². The van der Waals surface area contributed by atoms with Gasteiger partial charge in [-0.15, -0.1) is 0 Å². The molecule has 0 unspecified atom stereocenters. The van der Waals surface area contributed by atoms with Crippen LogP contribution in [0.5, 0.6) is 0 Å². The lowest BCUT2D eigenvalue weighted by Crippen LogP contribution is -2.48. The minimum atomic E-state index is -1.02. The van der Waals surface area contributed by atoms with Gasteiger partial charge in [-0.2, -0.15) is 0 Å². The van der Waals surface area contributed by atoms with Gasteiger partial charge in [0.05, 0.1) is 12.0 Å². The largest absolute Gasteiger partial charge is 0.478 e. The lowest BCUT2D eigenvalue weighted by atomic mass is 9.64. The molecule has 1 aromatic carbocycles. The van der Waals surface area contributed by atoms with Crippen LogP contribution in [0.1, 0.15) is 46.7 Å². The number of furan rings is 1. The van der Waals surface area contributed by atoms with Crippen molar-refractivity contribution < 1.29 is 19.1 Å². The maximum absolute atomic E-state index is 12.7. The van der Waals surface area contributed by atoms with Crippen molar-refractivity contribution in [3.8, 4) is 0 Å². The minimum absolute atomic E-state index is 0.0270. The fraction of sp³-hybridized carbons (Fsp3) is 0.333. The van der Waals surface area contributed by atoms with Crippen LogP contribution >= 0.6 is 0 Å². The van der Waals surface area contributed by atoms with Crippen molar-refractivity contribution in [2.75, 3.05) is 0 Å². The third-order valence-corrected chi connectivity index (χ3v) is 4.59. The van der Waals surface area contributed by atoms with Gasteiger partial charge in [0.1, 0.15) is 17.1 Å². The fourth-order valence-corrected chi connectivity index (χ4v) is 3.11. The number of carboxylic acid groups (broad SMARTS) is 1. The number of carbonyl (C=O) groups excluding carboxylic acids is 1. The molecule has 2 aromatic rings. The van der Waals surface area contributed by atoms with Crippen molar-refractivity contribution in [1.82, 2.24) is 5.32 Å². The first-order valence-electron chi connectivity index (χ1n) is 7.69. The molecule has 0 spiro atoms. The smallest absolute Gasteiger partial charge is 0.339 e. The van der Waals surface area contributed by atoms with E-state index in [1.165, 1.54) is 6.07 Å². The predicted octanol–water partition coefficient (Wildman–Crippen LogP) is 3.02. The first kappa shape index (κ1) is 15.3. The standard InChI is InChI=1S/C18H19NO4/c1-12-15(16(20)21)10-14(23-12)11-19-17(22)18(8-5-9-18)13-6-3-2-4-7-13/h2-4,6-7,10H,5,8-9,11H2,1H3,(H,19,22)(H,20,21). The van der Waals surface area contributed by atoms with E-state index in [0.717, 1.165) is 24.8 Å². The van der Waals surface area contributed by atoms with Gasteiger partial charge in [0, 0.05) is 0 Å². The Morgan fingerprint density at radius 1 is 1.26 bits per heavy atom. The highest BCUT2D eigenvalue weighted by atomic mass is 16.4. The Bertz CT molecular complexity index is 729. The average molecular weight is 313 g/mol. The van der Waals surface area contributed by atoms with Gasteiger partial charge in [0.15, 0.2) is 0 Å². The van der Waals surface area contributed by atoms with Crippen molar-refractivity contribution in [2.24, 2.45) is 0 Å². The summed E-state index contributed by atoms with van der Waals surface area (Å²) in [4.78, 5) is 23.7. The molecular weight excluding hydrogens is 294 g/mol. The summed E-state index contributed by atoms with van der Waals surface area (Å²) < 4.78 is 5.40. The lowest BCUT2D eigenvalue weighted by molar-refractivity contribution is -0.130. The molecule has 120 valence electrons. The molecule has 5 heteroatoms. The Kier molecular flexibility index (Phi) is 3.94. The van der Waals surface area contributed by atoms with Crippen LogP contribution < -0.4 is 5.32 Å². The average Bonchev–Trinajstić information content (AvgIpc) is 2.86. The van der Waals surface area contributed by atoms with E-state index in [1.807, 2.05) is 30.3 Å². The molecule has 3 rings (SSSR count). The molecule has 0 radical (unpaired) electrons. The number of benzene rings is 1. The van der Waals surface area contributed by atoms with Crippen molar-refractivity contribution in [3.05, 3.63) is 59.0 Å². The van der Waals surface area contributed by atoms with Crippen LogP contribution in [-0.2, 0) is 16.8 Å². The highest BCUT2D eigenvalue weighted by Crippen LogP contribution is 2.43. The Hall–Kier alpha value is -2.56. The number of nitrogens with one attached hydrogen (secondary N) is 1. The number of carbonyl (C=O) groups is 2. The molecule has 1 saturated carbocycles. The summed E-state index contributed by atoms with van der Waals surface area (Å²) in [5.41, 5.74) is 0.708. The van der Waals surface area contributed by atoms with E-state index in [9.17, 15) is 9.59 Å². The molecule has 0 atom stereocenters. The first-order chi connectivity index (χ1) is 11.0. The van der Waals surface area contributed by atoms with E-state index >= 15 is 0 Å². The molecule has 1 heterocycles. The third-order valence-electron chi connectivity index (χ3n) is 4.59. The third kappa shape index (κ3) is 2.74. The molecule has 1 fully saturated rings. The van der Waals surface area contributed by atoms with Crippen molar-refractivity contribution >= 4 is 11.9 Å². The maximum Gasteiger partial charge on any atom is 0.339 e. The summed E-state index contributed by atoms with van der Waals surface area (Å²) in [5, 5.41) is 11.9. The molecule has 5 nitrogen and oxygen atoms in total. The molecule has 0 aliphatic heterocycles. The summed E-state index contributed by atoms with van der Waals surface area (Å²) in [6.07, 6.45) is 2.70. The molecule has 1 aromatic heterocycles. The zero-order valence-corrected chi connectivity index (χ0v) is 13.0. The molecule has 23 heavy (non-hydrogen) atoms. The highest BCUT2D eigenvalue weighted by molar-refractivity contribution is 5.90. The van der Waals surface area contributed by atoms with Crippen LogP contribution in [-0.4, -0.2) is 17.0 Å². The number of aryl methyl sites for hydroxylation is 1. The van der Waals surface area contributed by atoms with Crippen LogP contribution in [0.2, 0.25) is 0 Å². The summed E-state index contributed by atoms with van der Waals surface area (Å²) in [5.74, 6) is -0.247. The van der Waals surface area contributed by atoms with Gasteiger partial charge in [-0.25, -0.2) is 4.79 Å². The lowest BCUT2D eigenvalue weighted by Gasteiger charge is -2.40. The van der Waals surface area contributed by atoms with E-state index in [2.05, 4.69) is 5.32 Å². The van der Waals surface area contributed by atoms with Gasteiger partial charge in [-0.1, -0.05) is 36.8 Å². The number of carboxylic acids is 1. The van der Waals surface area contributed by atoms with Crippen molar-refractivity contribution in [2.45, 2.75) is 38.1 Å². The molecule has 1 amide bonds. The number of hydrogen-bond donors (Lipinski definition) is 2. The second-order valence-electron chi connectivity index (χ2n) is 5.97. The number of rotatable bonds is 5. The predicted molar refractivity (Wildman–Crippen MR) is 84.2 cm³/mol. The summed E-state index contributed by atoms with van der Waals surface area (Å²) >= 11 is 0. The first-order valence-corrected chi connectivity index (χ1v) is 7.69. The quantitative estimate of drug-likeness (QED) is 0.889. The summed E-state index contributed by atoms with van der Waals surface area (Å²) in [7, 11) is 0. The second-order valence-corrected chi connectivity index (χ2v) is 5.97. The topological polar surface area (TPSA) is 79.5 Å². The van der Waals surface area contributed by atoms with Gasteiger partial charge in [0.25, 0.3) is 0 Å². The Morgan fingerprint density at radius 2 is 1.96 bits per heavy atom. The minimum Gasteiger partial charge on any atom is -0.478 e. The van der Waals surface area contributed by atoms with E-state index in [0.29, 0.717) is 11.5 Å². The highest BCUT2D eigenvalue weighted by Gasteiger charge is 2.45. The monoisotopic (exact) mass is 313 g/mol. The summed E-state index contributed by atoms with van der Waals surface area (Å²) in [6, 6.07) is 11.3. The van der Waals surface area contributed by atoms with Gasteiger partial charge in [-0.05, 0) is 31.4 Å². The Morgan fingerprint density at radius 3 is 2.48 bits per heavy atom. The second kappa shape index (κ2) is 5.91. The maximum atomic E-state index is 12.7. The molecular formula is C18H19NO4. The van der Waals surface area contributed by atoms with E-state index in [1.54, 1.807) is 6.92 Å². The van der Waals surface area contributed by atoms with Gasteiger partial charge < -0.3 is 14.8 Å². The van der Waals surface area contributed by atoms with Gasteiger partial charge in [-0.3, -0.25) is 4.79 Å². The normalized spacial score (nSPS) is 15.7. The molecule has 2 N–H and O–H groups in total. The van der Waals surface area contributed by atoms with E-state index in [-0.39, 0.29) is 18.0 Å². The Labute approximate surface area is 134 Å². The zero-order chi connectivity index (χ0) is 16.4. The summed E-state index contributed by atoms with van der Waals surface area (Å²) in [6.45, 7) is 1.80. The SMILES string of the molecule is Cc1oc(CNC(=O)C2(c3ccccc3)CCC2)cc1C(=O)O. The van der Waals surface area contributed by atoms with E-state index < -0.39 is 11.4 Å². The van der Waals surface area contributed by atoms with Gasteiger partial charge >= 0.3 is 5.97 Å². The van der Waals surface area contributed by atoms with Crippen LogP contribution in [0.25, 0.3) is 0 Å². The fourth-order valence-electron chi connectivity index (χ4n) is 3.11. The molecule has 1 aliphatic rings. The van der Waals surface area contributed by atoms with Gasteiger partial charge in [0.2, 0.25) is 5.91 Å². The van der Waals surface area contributed by atoms with E-state index in [4.69, 9.17) is 9.52 Å². The van der Waals surface area contributed by atoms with Crippen LogP contribution in [0.3, 0.4) is 0 Å². The molecule has 1 aliphatic carbocycles. The van der Waals surface area contributed by atoms with Crippen molar-refractivity contribution in [1.29, 1.82) is 0 Å². The van der Waals surface area contributed by atoms with Crippen LogP contribution in [0, 0.1) is 6.92 Å².